The molecule has 1 aromatic carbocycles. The third-order valence-electron chi connectivity index (χ3n) is 3.80. The number of likely N-dealkylation sites (tertiary alicyclic amines) is 1. The van der Waals surface area contributed by atoms with Gasteiger partial charge >= 0.3 is 11.9 Å². The van der Waals surface area contributed by atoms with E-state index in [1.165, 1.54) is 6.92 Å². The third-order valence-corrected chi connectivity index (χ3v) is 3.80. The first-order valence-corrected chi connectivity index (χ1v) is 6.16. The quantitative estimate of drug-likeness (QED) is 0.856. The van der Waals surface area contributed by atoms with Crippen molar-refractivity contribution in [1.29, 1.82) is 0 Å². The highest BCUT2D eigenvalue weighted by atomic mass is 16.4. The predicted octanol–water partition coefficient (Wildman–Crippen LogP) is 1.29. The molecule has 0 amide bonds. The Kier molecular flexibility index (Phi) is 3.57. The molecule has 0 radical (unpaired) electrons. The molecule has 5 nitrogen and oxygen atoms in total. The lowest BCUT2D eigenvalue weighted by molar-refractivity contribution is -0.158. The van der Waals surface area contributed by atoms with Gasteiger partial charge in [-0.3, -0.25) is 14.5 Å². The number of benzene rings is 1. The van der Waals surface area contributed by atoms with E-state index in [0.29, 0.717) is 6.54 Å². The van der Waals surface area contributed by atoms with Crippen molar-refractivity contribution in [3.63, 3.8) is 0 Å². The molecule has 0 bridgehead atoms. The molecule has 2 rings (SSSR count). The number of aliphatic carboxylic acids is 2. The van der Waals surface area contributed by atoms with Gasteiger partial charge in [-0.15, -0.1) is 0 Å². The van der Waals surface area contributed by atoms with E-state index in [4.69, 9.17) is 0 Å². The molecule has 0 saturated carbocycles. The standard InChI is InChI=1S/C14H17NO4/c1-14(13(18)19)9-15(8-11(14)12(16)17)7-10-5-3-2-4-6-10/h2-6,11H,7-9H2,1H3,(H,16,17)(H,18,19)/t11-,14+/m0/s1. The zero-order chi connectivity index (χ0) is 14.0. The second kappa shape index (κ2) is 5.01. The average Bonchev–Trinajstić information content (AvgIpc) is 2.69. The van der Waals surface area contributed by atoms with Gasteiger partial charge in [0.15, 0.2) is 0 Å². The topological polar surface area (TPSA) is 77.8 Å². The molecule has 1 saturated heterocycles. The van der Waals surface area contributed by atoms with E-state index < -0.39 is 23.3 Å². The normalized spacial score (nSPS) is 27.3. The van der Waals surface area contributed by atoms with Gasteiger partial charge in [0, 0.05) is 19.6 Å². The first-order chi connectivity index (χ1) is 8.93. The summed E-state index contributed by atoms with van der Waals surface area (Å²) in [6, 6.07) is 9.64. The summed E-state index contributed by atoms with van der Waals surface area (Å²) in [5.74, 6) is -2.95. The molecule has 102 valence electrons. The van der Waals surface area contributed by atoms with Crippen molar-refractivity contribution in [1.82, 2.24) is 4.90 Å². The van der Waals surface area contributed by atoms with Crippen molar-refractivity contribution in [3.05, 3.63) is 35.9 Å². The van der Waals surface area contributed by atoms with Crippen molar-refractivity contribution >= 4 is 11.9 Å². The molecule has 5 heteroatoms. The van der Waals surface area contributed by atoms with Crippen molar-refractivity contribution < 1.29 is 19.8 Å². The molecule has 1 fully saturated rings. The lowest BCUT2D eigenvalue weighted by Gasteiger charge is -2.22. The Morgan fingerprint density at radius 2 is 1.95 bits per heavy atom. The number of rotatable bonds is 4. The highest BCUT2D eigenvalue weighted by Gasteiger charge is 2.52. The number of hydrogen-bond donors (Lipinski definition) is 2. The second-order valence-electron chi connectivity index (χ2n) is 5.27. The summed E-state index contributed by atoms with van der Waals surface area (Å²) >= 11 is 0. The second-order valence-corrected chi connectivity index (χ2v) is 5.27. The van der Waals surface area contributed by atoms with Crippen LogP contribution in [0.4, 0.5) is 0 Å². The highest BCUT2D eigenvalue weighted by molar-refractivity contribution is 5.84. The highest BCUT2D eigenvalue weighted by Crippen LogP contribution is 2.36. The molecule has 0 aromatic heterocycles. The van der Waals surface area contributed by atoms with Gasteiger partial charge in [-0.25, -0.2) is 0 Å². The maximum Gasteiger partial charge on any atom is 0.311 e. The van der Waals surface area contributed by atoms with Crippen molar-refractivity contribution in [2.24, 2.45) is 11.3 Å². The maximum atomic E-state index is 11.3. The van der Waals surface area contributed by atoms with Crippen molar-refractivity contribution in [2.45, 2.75) is 13.5 Å². The number of carbonyl (C=O) groups is 2. The minimum Gasteiger partial charge on any atom is -0.481 e. The molecule has 0 aliphatic carbocycles. The fourth-order valence-corrected chi connectivity index (χ4v) is 2.63. The summed E-state index contributed by atoms with van der Waals surface area (Å²) in [4.78, 5) is 24.5. The van der Waals surface area contributed by atoms with Crippen LogP contribution in [0.25, 0.3) is 0 Å². The molecule has 1 heterocycles. The van der Waals surface area contributed by atoms with Crippen LogP contribution < -0.4 is 0 Å². The molecule has 0 unspecified atom stereocenters. The Morgan fingerprint density at radius 1 is 1.32 bits per heavy atom. The summed E-state index contributed by atoms with van der Waals surface area (Å²) in [6.07, 6.45) is 0. The lowest BCUT2D eigenvalue weighted by Crippen LogP contribution is -2.39. The third kappa shape index (κ3) is 2.61. The van der Waals surface area contributed by atoms with E-state index >= 15 is 0 Å². The van der Waals surface area contributed by atoms with Crippen molar-refractivity contribution in [3.8, 4) is 0 Å². The Balaban J connectivity index is 2.15. The van der Waals surface area contributed by atoms with Crippen molar-refractivity contribution in [2.75, 3.05) is 13.1 Å². The SMILES string of the molecule is C[C@@]1(C(=O)O)CN(Cc2ccccc2)C[C@H]1C(=O)O. The minimum absolute atomic E-state index is 0.258. The monoisotopic (exact) mass is 263 g/mol. The summed E-state index contributed by atoms with van der Waals surface area (Å²) in [6.45, 7) is 2.62. The fourth-order valence-electron chi connectivity index (χ4n) is 2.63. The molecule has 1 aliphatic heterocycles. The largest absolute Gasteiger partial charge is 0.481 e. The van der Waals surface area contributed by atoms with Gasteiger partial charge in [0.25, 0.3) is 0 Å². The van der Waals surface area contributed by atoms with Crippen LogP contribution in [-0.2, 0) is 16.1 Å². The molecule has 1 aromatic rings. The minimum atomic E-state index is -1.22. The van der Waals surface area contributed by atoms with Crippen LogP contribution in [-0.4, -0.2) is 40.1 Å². The number of carboxylic acids is 2. The van der Waals surface area contributed by atoms with E-state index in [1.807, 2.05) is 35.2 Å². The zero-order valence-corrected chi connectivity index (χ0v) is 10.7. The van der Waals surface area contributed by atoms with E-state index in [0.717, 1.165) is 5.56 Å². The van der Waals surface area contributed by atoms with Gasteiger partial charge in [0.05, 0.1) is 11.3 Å². The van der Waals surface area contributed by atoms with Gasteiger partial charge in [0.2, 0.25) is 0 Å². The number of carboxylic acid groups (broad SMARTS) is 2. The van der Waals surface area contributed by atoms with Crippen LogP contribution in [0, 0.1) is 11.3 Å². The number of hydrogen-bond acceptors (Lipinski definition) is 3. The zero-order valence-electron chi connectivity index (χ0n) is 10.7. The van der Waals surface area contributed by atoms with Gasteiger partial charge in [0.1, 0.15) is 0 Å². The van der Waals surface area contributed by atoms with Crippen LogP contribution in [0.15, 0.2) is 30.3 Å². The van der Waals surface area contributed by atoms with Gasteiger partial charge in [-0.2, -0.15) is 0 Å². The van der Waals surface area contributed by atoms with Crippen LogP contribution >= 0.6 is 0 Å². The van der Waals surface area contributed by atoms with Gasteiger partial charge in [-0.05, 0) is 12.5 Å². The summed E-state index contributed by atoms with van der Waals surface area (Å²) in [5.41, 5.74) is -0.165. The molecule has 0 spiro atoms. The van der Waals surface area contributed by atoms with Gasteiger partial charge in [-0.1, -0.05) is 30.3 Å². The Bertz CT molecular complexity index is 487. The summed E-state index contributed by atoms with van der Waals surface area (Å²) < 4.78 is 0. The first kappa shape index (κ1) is 13.5. The molecule has 19 heavy (non-hydrogen) atoms. The fraction of sp³-hybridized carbons (Fsp3) is 0.429. The van der Waals surface area contributed by atoms with Crippen LogP contribution in [0.5, 0.6) is 0 Å². The maximum absolute atomic E-state index is 11.3. The van der Waals surface area contributed by atoms with E-state index in [-0.39, 0.29) is 13.1 Å². The smallest absolute Gasteiger partial charge is 0.311 e. The van der Waals surface area contributed by atoms with E-state index in [2.05, 4.69) is 0 Å². The summed E-state index contributed by atoms with van der Waals surface area (Å²) in [5, 5.41) is 18.5. The average molecular weight is 263 g/mol. The summed E-state index contributed by atoms with van der Waals surface area (Å²) in [7, 11) is 0. The number of nitrogens with zero attached hydrogens (tertiary/aromatic N) is 1. The van der Waals surface area contributed by atoms with E-state index in [9.17, 15) is 19.8 Å². The molecule has 2 N–H and O–H groups in total. The van der Waals surface area contributed by atoms with Crippen LogP contribution in [0.1, 0.15) is 12.5 Å². The first-order valence-electron chi connectivity index (χ1n) is 6.16. The Labute approximate surface area is 111 Å². The van der Waals surface area contributed by atoms with E-state index in [1.54, 1.807) is 0 Å². The molecular weight excluding hydrogens is 246 g/mol. The van der Waals surface area contributed by atoms with Gasteiger partial charge < -0.3 is 10.2 Å². The lowest BCUT2D eigenvalue weighted by atomic mass is 9.80. The Hall–Kier alpha value is -1.88. The van der Waals surface area contributed by atoms with Crippen LogP contribution in [0.2, 0.25) is 0 Å². The molecule has 1 aliphatic rings. The molecule has 2 atom stereocenters. The van der Waals surface area contributed by atoms with Crippen LogP contribution in [0.3, 0.4) is 0 Å². The Morgan fingerprint density at radius 3 is 2.42 bits per heavy atom. The predicted molar refractivity (Wildman–Crippen MR) is 68.6 cm³/mol. The molecular formula is C14H17NO4.